The van der Waals surface area contributed by atoms with Crippen molar-refractivity contribution in [1.29, 1.82) is 5.26 Å². The molecule has 3 amide bonds. The van der Waals surface area contributed by atoms with Crippen LogP contribution in [0.15, 0.2) is 48.7 Å². The number of hydrogen-bond donors (Lipinski definition) is 2. The van der Waals surface area contributed by atoms with Crippen LogP contribution >= 0.6 is 0 Å². The molecule has 0 bridgehead atoms. The number of carbonyl (C=O) groups is 2. The maximum Gasteiger partial charge on any atom is 0.329 e. The number of rotatable bonds is 10. The van der Waals surface area contributed by atoms with Crippen LogP contribution in [0, 0.1) is 23.0 Å². The summed E-state index contributed by atoms with van der Waals surface area (Å²) in [6.07, 6.45) is 8.14. The number of ether oxygens (including phenoxy) is 2. The highest BCUT2D eigenvalue weighted by Crippen LogP contribution is 2.45. The smallest absolute Gasteiger partial charge is 0.329 e. The Labute approximate surface area is 363 Å². The van der Waals surface area contributed by atoms with Gasteiger partial charge < -0.3 is 14.4 Å². The van der Waals surface area contributed by atoms with E-state index in [0.717, 1.165) is 79.6 Å². The summed E-state index contributed by atoms with van der Waals surface area (Å²) in [5, 5.41) is 17.3. The number of imide groups is 1. The summed E-state index contributed by atoms with van der Waals surface area (Å²) in [6, 6.07) is 12.2. The highest BCUT2D eigenvalue weighted by atomic mass is 32.2. The largest absolute Gasteiger partial charge is 0.453 e. The zero-order valence-electron chi connectivity index (χ0n) is 35.2. The predicted molar refractivity (Wildman–Crippen MR) is 230 cm³/mol. The number of benzene rings is 3. The predicted octanol–water partition coefficient (Wildman–Crippen LogP) is 6.58. The van der Waals surface area contributed by atoms with Crippen LogP contribution < -0.4 is 19.7 Å². The van der Waals surface area contributed by atoms with Gasteiger partial charge in [0.2, 0.25) is 5.91 Å². The third-order valence-corrected chi connectivity index (χ3v) is 14.9. The van der Waals surface area contributed by atoms with Crippen LogP contribution in [-0.4, -0.2) is 101 Å². The topological polar surface area (TPSA) is 188 Å². The number of urea groups is 1. The lowest BCUT2D eigenvalue weighted by Gasteiger charge is -2.44. The van der Waals surface area contributed by atoms with Gasteiger partial charge in [-0.25, -0.2) is 18.6 Å². The Bertz CT molecular complexity index is 2780. The molecule has 5 heterocycles. The number of halogens is 2. The van der Waals surface area contributed by atoms with Crippen LogP contribution in [0.25, 0.3) is 21.9 Å². The highest BCUT2D eigenvalue weighted by molar-refractivity contribution is 7.90. The molecule has 3 saturated heterocycles. The molecule has 4 fully saturated rings. The Kier molecular flexibility index (Phi) is 11.3. The number of aryl methyl sites for hydroxylation is 1. The molecule has 3 aliphatic heterocycles. The first-order chi connectivity index (χ1) is 30.2. The van der Waals surface area contributed by atoms with E-state index in [1.807, 2.05) is 12.1 Å². The molecule has 3 aromatic carbocycles. The van der Waals surface area contributed by atoms with E-state index >= 15 is 8.78 Å². The van der Waals surface area contributed by atoms with E-state index in [9.17, 15) is 23.3 Å². The molecule has 330 valence electrons. The van der Waals surface area contributed by atoms with E-state index in [2.05, 4.69) is 25.0 Å². The summed E-state index contributed by atoms with van der Waals surface area (Å²) in [6.45, 7) is 4.35. The lowest BCUT2D eigenvalue weighted by atomic mass is 9.79. The summed E-state index contributed by atoms with van der Waals surface area (Å²) >= 11 is 0. The Morgan fingerprint density at radius 1 is 1.03 bits per heavy atom. The van der Waals surface area contributed by atoms with Crippen molar-refractivity contribution in [2.24, 2.45) is 7.05 Å². The van der Waals surface area contributed by atoms with Gasteiger partial charge >= 0.3 is 16.2 Å². The summed E-state index contributed by atoms with van der Waals surface area (Å²) < 4.78 is 73.8. The number of nitrogens with zero attached hydrogens (tertiary/aromatic N) is 8. The minimum absolute atomic E-state index is 0.0195. The molecule has 0 radical (unpaired) electrons. The average Bonchev–Trinajstić information content (AvgIpc) is 3.83. The minimum Gasteiger partial charge on any atom is -0.453 e. The van der Waals surface area contributed by atoms with Crippen molar-refractivity contribution in [3.05, 3.63) is 77.1 Å². The Morgan fingerprint density at radius 2 is 1.81 bits per heavy atom. The average molecular weight is 883 g/mol. The number of aromatic nitrogens is 4. The van der Waals surface area contributed by atoms with Crippen LogP contribution in [0.1, 0.15) is 86.9 Å². The first-order valence-electron chi connectivity index (χ1n) is 21.3. The number of likely N-dealkylation sites (tertiary alicyclic amines) is 1. The quantitative estimate of drug-likeness (QED) is 0.154. The maximum atomic E-state index is 15.8. The van der Waals surface area contributed by atoms with Crippen LogP contribution in [0.2, 0.25) is 0 Å². The van der Waals surface area contributed by atoms with E-state index in [1.165, 1.54) is 24.1 Å². The molecule has 9 rings (SSSR count). The molecular weight excluding hydrogens is 835 g/mol. The number of nitriles is 1. The van der Waals surface area contributed by atoms with Crippen molar-refractivity contribution in [1.82, 2.24) is 34.3 Å². The second-order valence-corrected chi connectivity index (χ2v) is 18.8. The number of fused-ring (bicyclic) bond motifs is 2. The van der Waals surface area contributed by atoms with Gasteiger partial charge in [-0.1, -0.05) is 6.92 Å². The zero-order valence-corrected chi connectivity index (χ0v) is 36.1. The number of carbonyl (C=O) groups excluding carboxylic acids is 2. The SMILES string of the molecule is CCN(C)S(=O)(=O)Nc1ccc(F)c(Oc2ccc3ncc(C4COC5(CCN(C6CCC(c7cc8c(cc7F)c(N7CCC(=O)NC7=O)nn8C)CC6)CC5)C4)nc3c2)c1C#N. The minimum atomic E-state index is -3.98. The second kappa shape index (κ2) is 16.7. The summed E-state index contributed by atoms with van der Waals surface area (Å²) in [5.41, 5.74) is 2.64. The molecule has 19 heteroatoms. The monoisotopic (exact) mass is 882 g/mol. The first kappa shape index (κ1) is 42.5. The van der Waals surface area contributed by atoms with Gasteiger partial charge in [0.1, 0.15) is 23.2 Å². The van der Waals surface area contributed by atoms with Gasteiger partial charge in [-0.05, 0) is 92.8 Å². The number of hydrogen-bond acceptors (Lipinski definition) is 11. The van der Waals surface area contributed by atoms with Crippen molar-refractivity contribution in [3.8, 4) is 17.6 Å². The Hall–Kier alpha value is -5.81. The molecular formula is C44H48F2N10O6S. The Balaban J connectivity index is 0.818. The standard InChI is InChI=1S/C44H48F2N10O6S/c1-4-53(2)63(59,60)52-35-12-10-33(45)41(32(35)23-47)62-29-9-11-36-37(19-29)49-38(24-48-36)27-22-44(61-25-27)14-17-55(18-15-44)28-7-5-26(6-8-28)30-21-39-31(20-34(30)46)42(51-54(39)3)56-16-13-40(57)50-43(56)58/h9-12,19-21,24,26-28,52H,4-8,13-18,22,25H2,1-3H3,(H,50,57,58). The highest BCUT2D eigenvalue weighted by Gasteiger charge is 2.45. The van der Waals surface area contributed by atoms with E-state index in [1.54, 1.807) is 43.0 Å². The van der Waals surface area contributed by atoms with Gasteiger partial charge in [-0.2, -0.15) is 23.1 Å². The zero-order chi connectivity index (χ0) is 44.2. The van der Waals surface area contributed by atoms with Gasteiger partial charge in [0.25, 0.3) is 0 Å². The summed E-state index contributed by atoms with van der Waals surface area (Å²) in [4.78, 5) is 37.7. The molecule has 16 nitrogen and oxygen atoms in total. The van der Waals surface area contributed by atoms with E-state index < -0.39 is 27.8 Å². The molecule has 5 aromatic rings. The van der Waals surface area contributed by atoms with Crippen LogP contribution in [0.5, 0.6) is 11.5 Å². The lowest BCUT2D eigenvalue weighted by molar-refractivity contribution is -0.120. The first-order valence-corrected chi connectivity index (χ1v) is 22.8. The van der Waals surface area contributed by atoms with Crippen molar-refractivity contribution in [2.75, 3.05) is 49.5 Å². The number of nitrogens with one attached hydrogen (secondary N) is 2. The molecule has 1 atom stereocenters. The number of amides is 3. The van der Waals surface area contributed by atoms with Crippen molar-refractivity contribution >= 4 is 55.6 Å². The fraction of sp³-hybridized carbons (Fsp3) is 0.455. The van der Waals surface area contributed by atoms with Gasteiger partial charge in [-0.15, -0.1) is 0 Å². The normalized spacial score (nSPS) is 21.9. The molecule has 1 saturated carbocycles. The van der Waals surface area contributed by atoms with Gasteiger partial charge in [0, 0.05) is 76.3 Å². The molecule has 1 unspecified atom stereocenters. The summed E-state index contributed by atoms with van der Waals surface area (Å²) in [5.74, 6) is -1.24. The van der Waals surface area contributed by atoms with Crippen molar-refractivity contribution in [3.63, 3.8) is 0 Å². The number of anilines is 2. The summed E-state index contributed by atoms with van der Waals surface area (Å²) in [7, 11) is -0.818. The maximum absolute atomic E-state index is 15.8. The van der Waals surface area contributed by atoms with Crippen LogP contribution in [-0.2, 0) is 26.8 Å². The van der Waals surface area contributed by atoms with E-state index in [0.29, 0.717) is 40.4 Å². The molecule has 2 N–H and O–H groups in total. The van der Waals surface area contributed by atoms with Crippen LogP contribution in [0.4, 0.5) is 25.1 Å². The lowest BCUT2D eigenvalue weighted by Crippen LogP contribution is -2.49. The molecule has 4 aliphatic rings. The second-order valence-electron chi connectivity index (χ2n) is 17.0. The van der Waals surface area contributed by atoms with E-state index in [4.69, 9.17) is 14.5 Å². The van der Waals surface area contributed by atoms with Gasteiger partial charge in [0.05, 0.1) is 40.1 Å². The fourth-order valence-electron chi connectivity index (χ4n) is 9.61. The fourth-order valence-corrected chi connectivity index (χ4v) is 10.6. The van der Waals surface area contributed by atoms with Crippen molar-refractivity contribution in [2.45, 2.75) is 81.8 Å². The molecule has 1 spiro atoms. The number of piperidine rings is 1. The van der Waals surface area contributed by atoms with Crippen LogP contribution in [0.3, 0.4) is 0 Å². The van der Waals surface area contributed by atoms with Crippen molar-refractivity contribution < 1.29 is 36.3 Å². The Morgan fingerprint density at radius 3 is 2.54 bits per heavy atom. The molecule has 2 aromatic heterocycles. The van der Waals surface area contributed by atoms with Gasteiger partial charge in [0.15, 0.2) is 17.4 Å². The molecule has 63 heavy (non-hydrogen) atoms. The third-order valence-electron chi connectivity index (χ3n) is 13.3. The third kappa shape index (κ3) is 8.16. The van der Waals surface area contributed by atoms with Gasteiger partial charge in [-0.3, -0.25) is 29.4 Å². The molecule has 1 aliphatic carbocycles. The van der Waals surface area contributed by atoms with E-state index in [-0.39, 0.29) is 65.7 Å².